The summed E-state index contributed by atoms with van der Waals surface area (Å²) in [6, 6.07) is 4.32. The first kappa shape index (κ1) is 24.4. The van der Waals surface area contributed by atoms with Gasteiger partial charge in [0.2, 0.25) is 5.88 Å². The van der Waals surface area contributed by atoms with E-state index in [0.29, 0.717) is 0 Å². The van der Waals surface area contributed by atoms with Crippen LogP contribution in [0.2, 0.25) is 0 Å². The number of sulfone groups is 1. The minimum absolute atomic E-state index is 0.0420. The normalized spacial score (nSPS) is 12.7. The summed E-state index contributed by atoms with van der Waals surface area (Å²) in [5.41, 5.74) is 0.0424. The fourth-order valence-electron chi connectivity index (χ4n) is 3.00. The van der Waals surface area contributed by atoms with Crippen molar-refractivity contribution < 1.29 is 35.1 Å². The first-order chi connectivity index (χ1) is 16.4. The fourth-order valence-corrected chi connectivity index (χ4v) is 4.02. The van der Waals surface area contributed by atoms with Gasteiger partial charge in [0.15, 0.2) is 28.1 Å². The molecular formula is C20H15F5N6O3S. The van der Waals surface area contributed by atoms with E-state index >= 15 is 0 Å². The highest BCUT2D eigenvalue weighted by Crippen LogP contribution is 2.36. The van der Waals surface area contributed by atoms with Crippen molar-refractivity contribution >= 4 is 15.4 Å². The van der Waals surface area contributed by atoms with Crippen LogP contribution in [-0.2, 0) is 9.84 Å². The molecule has 35 heavy (non-hydrogen) atoms. The Morgan fingerprint density at radius 2 is 1.71 bits per heavy atom. The Labute approximate surface area is 194 Å². The standard InChI is InChI=1S/C20H15F5N6O3S/c1-2-35(32,33)14-5-4-12(16-26-6-3-7-27-16)30-15(14)17-29-10-13-18(28-8-9-31(13)17)34-11-19(21,22)20(23,24)25/h3-10H,2,11H2,1H3. The van der Waals surface area contributed by atoms with Crippen molar-refractivity contribution in [3.05, 3.63) is 49.2 Å². The number of ether oxygens (including phenoxy) is 1. The van der Waals surface area contributed by atoms with Gasteiger partial charge >= 0.3 is 12.1 Å². The van der Waals surface area contributed by atoms with Crippen LogP contribution in [0.25, 0.3) is 28.6 Å². The monoisotopic (exact) mass is 514 g/mol. The van der Waals surface area contributed by atoms with Crippen LogP contribution < -0.4 is 4.74 Å². The lowest BCUT2D eigenvalue weighted by Crippen LogP contribution is -2.41. The lowest BCUT2D eigenvalue weighted by molar-refractivity contribution is -0.290. The van der Waals surface area contributed by atoms with E-state index in [2.05, 4.69) is 29.7 Å². The summed E-state index contributed by atoms with van der Waals surface area (Å²) in [6.07, 6.45) is 0.615. The number of halogens is 5. The van der Waals surface area contributed by atoms with Gasteiger partial charge < -0.3 is 4.74 Å². The van der Waals surface area contributed by atoms with Gasteiger partial charge in [0.25, 0.3) is 0 Å². The molecule has 0 aliphatic heterocycles. The molecule has 4 aromatic heterocycles. The average Bonchev–Trinajstić information content (AvgIpc) is 3.27. The molecule has 4 aromatic rings. The summed E-state index contributed by atoms with van der Waals surface area (Å²) in [5.74, 6) is -5.76. The molecule has 4 rings (SSSR count). The molecule has 4 heterocycles. The first-order valence-electron chi connectivity index (χ1n) is 9.85. The van der Waals surface area contributed by atoms with Gasteiger partial charge in [-0.05, 0) is 18.2 Å². The lowest BCUT2D eigenvalue weighted by atomic mass is 10.2. The molecule has 0 unspecified atom stereocenters. The number of fused-ring (bicyclic) bond motifs is 1. The van der Waals surface area contributed by atoms with Gasteiger partial charge in [-0.3, -0.25) is 4.40 Å². The summed E-state index contributed by atoms with van der Waals surface area (Å²) in [6.45, 7) is -0.564. The second-order valence-electron chi connectivity index (χ2n) is 7.08. The summed E-state index contributed by atoms with van der Waals surface area (Å²) >= 11 is 0. The zero-order chi connectivity index (χ0) is 25.4. The van der Waals surface area contributed by atoms with Crippen LogP contribution in [0.1, 0.15) is 6.92 Å². The molecule has 184 valence electrons. The minimum Gasteiger partial charge on any atom is -0.469 e. The van der Waals surface area contributed by atoms with Gasteiger partial charge in [-0.15, -0.1) is 0 Å². The predicted molar refractivity (Wildman–Crippen MR) is 111 cm³/mol. The van der Waals surface area contributed by atoms with Gasteiger partial charge in [-0.2, -0.15) is 22.0 Å². The summed E-state index contributed by atoms with van der Waals surface area (Å²) in [4.78, 5) is 20.2. The Morgan fingerprint density at radius 1 is 1.00 bits per heavy atom. The number of imidazole rings is 1. The molecular weight excluding hydrogens is 499 g/mol. The fraction of sp³-hybridized carbons (Fsp3) is 0.250. The van der Waals surface area contributed by atoms with Gasteiger partial charge in [0, 0.05) is 24.8 Å². The Balaban J connectivity index is 1.84. The van der Waals surface area contributed by atoms with E-state index in [1.165, 1.54) is 42.0 Å². The quantitative estimate of drug-likeness (QED) is 0.344. The van der Waals surface area contributed by atoms with Crippen molar-refractivity contribution in [3.8, 4) is 28.9 Å². The topological polar surface area (TPSA) is 112 Å². The highest BCUT2D eigenvalue weighted by molar-refractivity contribution is 7.91. The lowest BCUT2D eigenvalue weighted by Gasteiger charge is -2.19. The number of hydrogen-bond acceptors (Lipinski definition) is 8. The first-order valence-corrected chi connectivity index (χ1v) is 11.5. The zero-order valence-corrected chi connectivity index (χ0v) is 18.6. The number of pyridine rings is 1. The molecule has 0 aliphatic carbocycles. The van der Waals surface area contributed by atoms with E-state index in [4.69, 9.17) is 0 Å². The minimum atomic E-state index is -5.81. The smallest absolute Gasteiger partial charge is 0.456 e. The summed E-state index contributed by atoms with van der Waals surface area (Å²) in [5, 5.41) is 0. The average molecular weight is 514 g/mol. The third-order valence-corrected chi connectivity index (χ3v) is 6.57. The molecule has 0 aliphatic rings. The van der Waals surface area contributed by atoms with Gasteiger partial charge in [-0.25, -0.2) is 33.3 Å². The molecule has 15 heteroatoms. The molecule has 9 nitrogen and oxygen atoms in total. The zero-order valence-electron chi connectivity index (χ0n) is 17.7. The SMILES string of the molecule is CCS(=O)(=O)c1ccc(-c2ncccn2)nc1-c1ncc2c(OCC(F)(F)C(F)(F)F)nccn12. The molecule has 0 aromatic carbocycles. The van der Waals surface area contributed by atoms with Crippen LogP contribution in [0.15, 0.2) is 54.1 Å². The van der Waals surface area contributed by atoms with Crippen LogP contribution >= 0.6 is 0 Å². The van der Waals surface area contributed by atoms with Crippen molar-refractivity contribution in [2.75, 3.05) is 12.4 Å². The van der Waals surface area contributed by atoms with E-state index in [9.17, 15) is 30.4 Å². The maximum absolute atomic E-state index is 13.3. The van der Waals surface area contributed by atoms with Gasteiger partial charge in [-0.1, -0.05) is 6.92 Å². The maximum Gasteiger partial charge on any atom is 0.456 e. The molecule has 0 amide bonds. The summed E-state index contributed by atoms with van der Waals surface area (Å²) < 4.78 is 95.5. The molecule has 0 fully saturated rings. The third-order valence-electron chi connectivity index (χ3n) is 4.81. The Morgan fingerprint density at radius 3 is 2.37 bits per heavy atom. The Bertz CT molecular complexity index is 1480. The number of nitrogens with zero attached hydrogens (tertiary/aromatic N) is 6. The van der Waals surface area contributed by atoms with E-state index in [0.717, 1.165) is 12.4 Å². The van der Waals surface area contributed by atoms with E-state index < -0.39 is 34.4 Å². The van der Waals surface area contributed by atoms with Crippen LogP contribution in [-0.4, -0.2) is 62.2 Å². The summed E-state index contributed by atoms with van der Waals surface area (Å²) in [7, 11) is -3.81. The van der Waals surface area contributed by atoms with Crippen molar-refractivity contribution in [2.24, 2.45) is 0 Å². The van der Waals surface area contributed by atoms with E-state index in [1.807, 2.05) is 0 Å². The van der Waals surface area contributed by atoms with E-state index in [1.54, 1.807) is 6.07 Å². The molecule has 0 saturated heterocycles. The van der Waals surface area contributed by atoms with Crippen LogP contribution in [0, 0.1) is 0 Å². The molecule has 0 bridgehead atoms. The molecule has 0 N–H and O–H groups in total. The van der Waals surface area contributed by atoms with Crippen molar-refractivity contribution in [2.45, 2.75) is 23.9 Å². The second kappa shape index (κ2) is 8.79. The molecule has 0 atom stereocenters. The Hall–Kier alpha value is -3.75. The predicted octanol–water partition coefficient (Wildman–Crippen LogP) is 3.62. The van der Waals surface area contributed by atoms with Crippen LogP contribution in [0.3, 0.4) is 0 Å². The number of rotatable bonds is 7. The molecule has 0 saturated carbocycles. The third kappa shape index (κ3) is 4.62. The number of alkyl halides is 5. The molecule has 0 spiro atoms. The van der Waals surface area contributed by atoms with Crippen molar-refractivity contribution in [1.29, 1.82) is 0 Å². The largest absolute Gasteiger partial charge is 0.469 e. The number of hydrogen-bond donors (Lipinski definition) is 0. The van der Waals surface area contributed by atoms with Crippen molar-refractivity contribution in [3.63, 3.8) is 0 Å². The van der Waals surface area contributed by atoms with Gasteiger partial charge in [0.05, 0.1) is 16.8 Å². The number of aromatic nitrogens is 6. The highest BCUT2D eigenvalue weighted by Gasteiger charge is 2.58. The van der Waals surface area contributed by atoms with E-state index in [-0.39, 0.29) is 39.2 Å². The molecule has 0 radical (unpaired) electrons. The van der Waals surface area contributed by atoms with Crippen LogP contribution in [0.4, 0.5) is 22.0 Å². The maximum atomic E-state index is 13.3. The van der Waals surface area contributed by atoms with Crippen LogP contribution in [0.5, 0.6) is 5.88 Å². The highest BCUT2D eigenvalue weighted by atomic mass is 32.2. The Kier molecular flexibility index (Phi) is 6.12. The second-order valence-corrected chi connectivity index (χ2v) is 9.33. The van der Waals surface area contributed by atoms with Crippen molar-refractivity contribution in [1.82, 2.24) is 29.3 Å². The van der Waals surface area contributed by atoms with Gasteiger partial charge in [0.1, 0.15) is 16.9 Å².